The largest absolute Gasteiger partial charge is 0.308 e. The highest BCUT2D eigenvalue weighted by Crippen LogP contribution is 2.28. The van der Waals surface area contributed by atoms with Crippen molar-refractivity contribution >= 4 is 12.4 Å². The van der Waals surface area contributed by atoms with Gasteiger partial charge in [-0.25, -0.2) is 8.78 Å². The third kappa shape index (κ3) is 2.91. The molecule has 0 amide bonds. The standard InChI is InChI=1S/C7H13F2N.ClH/c1-5(2)6-3-7(8,9)4-10-6;/h5-6,10H,3-4H2,1-2H3;1H. The van der Waals surface area contributed by atoms with Gasteiger partial charge in [0, 0.05) is 12.5 Å². The maximum atomic E-state index is 12.5. The van der Waals surface area contributed by atoms with Crippen LogP contribution in [0.25, 0.3) is 0 Å². The Morgan fingerprint density at radius 1 is 1.45 bits per heavy atom. The van der Waals surface area contributed by atoms with Crippen molar-refractivity contribution in [1.82, 2.24) is 5.32 Å². The minimum atomic E-state index is -2.46. The van der Waals surface area contributed by atoms with Crippen LogP contribution in [0, 0.1) is 5.92 Å². The molecular weight excluding hydrogens is 172 g/mol. The van der Waals surface area contributed by atoms with Crippen LogP contribution in [0.2, 0.25) is 0 Å². The lowest BCUT2D eigenvalue weighted by Crippen LogP contribution is -2.26. The van der Waals surface area contributed by atoms with Crippen molar-refractivity contribution in [3.8, 4) is 0 Å². The number of halogens is 3. The van der Waals surface area contributed by atoms with Crippen LogP contribution in [0.1, 0.15) is 20.3 Å². The zero-order valence-electron chi connectivity index (χ0n) is 6.73. The highest BCUT2D eigenvalue weighted by Gasteiger charge is 2.39. The molecule has 0 aromatic carbocycles. The van der Waals surface area contributed by atoms with Crippen LogP contribution in [0.3, 0.4) is 0 Å². The minimum Gasteiger partial charge on any atom is -0.308 e. The Morgan fingerprint density at radius 2 is 2.00 bits per heavy atom. The fourth-order valence-electron chi connectivity index (χ4n) is 1.22. The molecule has 1 aliphatic heterocycles. The molecule has 1 N–H and O–H groups in total. The van der Waals surface area contributed by atoms with Gasteiger partial charge in [-0.2, -0.15) is 0 Å². The Morgan fingerprint density at radius 3 is 2.18 bits per heavy atom. The van der Waals surface area contributed by atoms with Gasteiger partial charge in [0.05, 0.1) is 6.54 Å². The summed E-state index contributed by atoms with van der Waals surface area (Å²) in [7, 11) is 0. The third-order valence-electron chi connectivity index (χ3n) is 1.95. The summed E-state index contributed by atoms with van der Waals surface area (Å²) < 4.78 is 25.0. The van der Waals surface area contributed by atoms with E-state index in [1.54, 1.807) is 0 Å². The summed E-state index contributed by atoms with van der Waals surface area (Å²) in [5.41, 5.74) is 0. The molecular formula is C7H14ClF2N. The first-order valence-corrected chi connectivity index (χ1v) is 3.62. The smallest absolute Gasteiger partial charge is 0.261 e. The Labute approximate surface area is 72.0 Å². The van der Waals surface area contributed by atoms with Gasteiger partial charge in [-0.3, -0.25) is 0 Å². The Kier molecular flexibility index (Phi) is 3.71. The summed E-state index contributed by atoms with van der Waals surface area (Å²) in [4.78, 5) is 0. The summed E-state index contributed by atoms with van der Waals surface area (Å²) in [6.07, 6.45) is 0.00463. The van der Waals surface area contributed by atoms with E-state index in [0.717, 1.165) is 0 Å². The van der Waals surface area contributed by atoms with E-state index in [1.165, 1.54) is 0 Å². The highest BCUT2D eigenvalue weighted by atomic mass is 35.5. The molecule has 0 bridgehead atoms. The summed E-state index contributed by atoms with van der Waals surface area (Å²) >= 11 is 0. The first-order valence-electron chi connectivity index (χ1n) is 3.62. The number of rotatable bonds is 1. The Balaban J connectivity index is 0.000001000. The van der Waals surface area contributed by atoms with Gasteiger partial charge < -0.3 is 5.32 Å². The van der Waals surface area contributed by atoms with Crippen molar-refractivity contribution in [3.63, 3.8) is 0 Å². The van der Waals surface area contributed by atoms with E-state index in [1.807, 2.05) is 13.8 Å². The van der Waals surface area contributed by atoms with Crippen molar-refractivity contribution in [2.75, 3.05) is 6.54 Å². The van der Waals surface area contributed by atoms with Crippen LogP contribution in [0.5, 0.6) is 0 Å². The van der Waals surface area contributed by atoms with Crippen LogP contribution in [-0.4, -0.2) is 18.5 Å². The summed E-state index contributed by atoms with van der Waals surface area (Å²) in [6, 6.07) is 0.00926. The Bertz CT molecular complexity index is 128. The molecule has 1 fully saturated rings. The maximum Gasteiger partial charge on any atom is 0.261 e. The minimum absolute atomic E-state index is 0. The molecule has 0 aromatic heterocycles. The zero-order chi connectivity index (χ0) is 7.78. The zero-order valence-corrected chi connectivity index (χ0v) is 7.55. The average Bonchev–Trinajstić information content (AvgIpc) is 2.10. The molecule has 1 heterocycles. The van der Waals surface area contributed by atoms with Gasteiger partial charge in [0.25, 0.3) is 5.92 Å². The number of alkyl halides is 2. The first-order chi connectivity index (χ1) is 4.51. The van der Waals surface area contributed by atoms with E-state index in [-0.39, 0.29) is 31.4 Å². The molecule has 0 saturated carbocycles. The first kappa shape index (κ1) is 11.1. The molecule has 0 aromatic rings. The van der Waals surface area contributed by atoms with E-state index in [2.05, 4.69) is 5.32 Å². The lowest BCUT2D eigenvalue weighted by Gasteiger charge is -2.13. The van der Waals surface area contributed by atoms with Gasteiger partial charge in [0.15, 0.2) is 0 Å². The van der Waals surface area contributed by atoms with Crippen LogP contribution >= 0.6 is 12.4 Å². The quantitative estimate of drug-likeness (QED) is 0.660. The van der Waals surface area contributed by atoms with Crippen molar-refractivity contribution in [2.45, 2.75) is 32.2 Å². The molecule has 1 unspecified atom stereocenters. The molecule has 4 heteroatoms. The summed E-state index contributed by atoms with van der Waals surface area (Å²) in [5.74, 6) is -2.15. The van der Waals surface area contributed by atoms with Gasteiger partial charge in [-0.05, 0) is 5.92 Å². The van der Waals surface area contributed by atoms with E-state index in [0.29, 0.717) is 5.92 Å². The molecule has 11 heavy (non-hydrogen) atoms. The predicted octanol–water partition coefficient (Wildman–Crippen LogP) is 2.06. The van der Waals surface area contributed by atoms with E-state index < -0.39 is 5.92 Å². The fourth-order valence-corrected chi connectivity index (χ4v) is 1.22. The molecule has 1 atom stereocenters. The molecule has 0 aliphatic carbocycles. The lowest BCUT2D eigenvalue weighted by atomic mass is 10.0. The van der Waals surface area contributed by atoms with Crippen LogP contribution in [0.4, 0.5) is 8.78 Å². The molecule has 0 radical (unpaired) electrons. The van der Waals surface area contributed by atoms with Crippen LogP contribution in [0.15, 0.2) is 0 Å². The molecule has 68 valence electrons. The molecule has 0 spiro atoms. The molecule has 1 aliphatic rings. The topological polar surface area (TPSA) is 12.0 Å². The SMILES string of the molecule is CC(C)C1CC(F)(F)CN1.Cl. The maximum absolute atomic E-state index is 12.5. The summed E-state index contributed by atoms with van der Waals surface area (Å²) in [5, 5.41) is 2.80. The van der Waals surface area contributed by atoms with Gasteiger partial charge in [0.2, 0.25) is 0 Å². The van der Waals surface area contributed by atoms with Crippen molar-refractivity contribution < 1.29 is 8.78 Å². The monoisotopic (exact) mass is 185 g/mol. The van der Waals surface area contributed by atoms with Crippen LogP contribution in [-0.2, 0) is 0 Å². The second kappa shape index (κ2) is 3.68. The fraction of sp³-hybridized carbons (Fsp3) is 1.00. The van der Waals surface area contributed by atoms with Crippen molar-refractivity contribution in [2.24, 2.45) is 5.92 Å². The van der Waals surface area contributed by atoms with Gasteiger partial charge >= 0.3 is 0 Å². The van der Waals surface area contributed by atoms with E-state index in [9.17, 15) is 8.78 Å². The van der Waals surface area contributed by atoms with Gasteiger partial charge in [-0.15, -0.1) is 12.4 Å². The van der Waals surface area contributed by atoms with Crippen molar-refractivity contribution in [1.29, 1.82) is 0 Å². The summed E-state index contributed by atoms with van der Waals surface area (Å²) in [6.45, 7) is 3.77. The normalized spacial score (nSPS) is 28.6. The molecule has 1 saturated heterocycles. The second-order valence-corrected chi connectivity index (χ2v) is 3.29. The van der Waals surface area contributed by atoms with Gasteiger partial charge in [0.1, 0.15) is 0 Å². The predicted molar refractivity (Wildman–Crippen MR) is 43.4 cm³/mol. The van der Waals surface area contributed by atoms with Crippen LogP contribution < -0.4 is 5.32 Å². The number of nitrogens with one attached hydrogen (secondary N) is 1. The average molecular weight is 186 g/mol. The van der Waals surface area contributed by atoms with E-state index >= 15 is 0 Å². The molecule has 1 rings (SSSR count). The molecule has 1 nitrogen and oxygen atoms in total. The highest BCUT2D eigenvalue weighted by molar-refractivity contribution is 5.85. The lowest BCUT2D eigenvalue weighted by molar-refractivity contribution is 0.0197. The van der Waals surface area contributed by atoms with Crippen molar-refractivity contribution in [3.05, 3.63) is 0 Å². The number of hydrogen-bond acceptors (Lipinski definition) is 1. The van der Waals surface area contributed by atoms with E-state index in [4.69, 9.17) is 0 Å². The second-order valence-electron chi connectivity index (χ2n) is 3.29. The third-order valence-corrected chi connectivity index (χ3v) is 1.95. The Hall–Kier alpha value is 0.110. The number of hydrogen-bond donors (Lipinski definition) is 1. The van der Waals surface area contributed by atoms with Gasteiger partial charge in [-0.1, -0.05) is 13.8 Å².